The van der Waals surface area contributed by atoms with E-state index in [0.717, 1.165) is 35.6 Å². The molecular weight excluding hydrogens is 328 g/mol. The SMILES string of the molecule is CCN1CCOC(CS(=O)c2ccc(N)cc2Br)C1. The molecule has 106 valence electrons. The minimum Gasteiger partial charge on any atom is -0.399 e. The molecule has 1 heterocycles. The van der Waals surface area contributed by atoms with Crippen molar-refractivity contribution in [1.82, 2.24) is 4.90 Å². The molecule has 0 saturated carbocycles. The number of nitrogens with zero attached hydrogens (tertiary/aromatic N) is 1. The second-order valence-electron chi connectivity index (χ2n) is 4.59. The van der Waals surface area contributed by atoms with Crippen LogP contribution < -0.4 is 5.73 Å². The van der Waals surface area contributed by atoms with Crippen molar-refractivity contribution in [2.45, 2.75) is 17.9 Å². The molecule has 0 spiro atoms. The van der Waals surface area contributed by atoms with Crippen LogP contribution in [0, 0.1) is 0 Å². The zero-order valence-electron chi connectivity index (χ0n) is 11.0. The maximum Gasteiger partial charge on any atom is 0.0821 e. The van der Waals surface area contributed by atoms with E-state index in [1.165, 1.54) is 0 Å². The molecule has 4 nitrogen and oxygen atoms in total. The monoisotopic (exact) mass is 346 g/mol. The van der Waals surface area contributed by atoms with Crippen LogP contribution in [-0.2, 0) is 15.5 Å². The summed E-state index contributed by atoms with van der Waals surface area (Å²) >= 11 is 3.41. The lowest BCUT2D eigenvalue weighted by Crippen LogP contribution is -2.44. The van der Waals surface area contributed by atoms with Gasteiger partial charge in [0.25, 0.3) is 0 Å². The van der Waals surface area contributed by atoms with Crippen molar-refractivity contribution in [3.63, 3.8) is 0 Å². The Kier molecular flexibility index (Phi) is 5.38. The predicted molar refractivity (Wildman–Crippen MR) is 81.7 cm³/mol. The van der Waals surface area contributed by atoms with E-state index in [4.69, 9.17) is 10.5 Å². The van der Waals surface area contributed by atoms with Gasteiger partial charge in [-0.3, -0.25) is 9.11 Å². The third kappa shape index (κ3) is 4.02. The van der Waals surface area contributed by atoms with Crippen LogP contribution in [0.3, 0.4) is 0 Å². The van der Waals surface area contributed by atoms with E-state index in [9.17, 15) is 4.21 Å². The van der Waals surface area contributed by atoms with E-state index in [-0.39, 0.29) is 6.10 Å². The zero-order valence-corrected chi connectivity index (χ0v) is 13.4. The van der Waals surface area contributed by atoms with Crippen LogP contribution in [0.15, 0.2) is 27.6 Å². The van der Waals surface area contributed by atoms with Gasteiger partial charge in [-0.15, -0.1) is 0 Å². The number of likely N-dealkylation sites (N-methyl/N-ethyl adjacent to an activating group) is 1. The standard InChI is InChI=1S/C13H19BrN2O2S/c1-2-16-5-6-18-11(8-16)9-19(17)13-4-3-10(15)7-12(13)14/h3-4,7,11H,2,5-6,8-9,15H2,1H3. The fraction of sp³-hybridized carbons (Fsp3) is 0.538. The van der Waals surface area contributed by atoms with Gasteiger partial charge in [0, 0.05) is 23.2 Å². The molecule has 2 unspecified atom stereocenters. The van der Waals surface area contributed by atoms with Crippen molar-refractivity contribution in [3.05, 3.63) is 22.7 Å². The van der Waals surface area contributed by atoms with Crippen LogP contribution >= 0.6 is 15.9 Å². The van der Waals surface area contributed by atoms with Crippen molar-refractivity contribution in [2.75, 3.05) is 37.7 Å². The molecule has 0 radical (unpaired) electrons. The largest absolute Gasteiger partial charge is 0.399 e. The summed E-state index contributed by atoms with van der Waals surface area (Å²) in [4.78, 5) is 3.11. The summed E-state index contributed by atoms with van der Waals surface area (Å²) in [5, 5.41) is 0. The summed E-state index contributed by atoms with van der Waals surface area (Å²) in [6.07, 6.45) is 0.0407. The third-order valence-electron chi connectivity index (χ3n) is 3.21. The first-order valence-corrected chi connectivity index (χ1v) is 8.48. The molecule has 0 aliphatic carbocycles. The molecule has 1 saturated heterocycles. The van der Waals surface area contributed by atoms with Gasteiger partial charge < -0.3 is 10.5 Å². The van der Waals surface area contributed by atoms with Crippen LogP contribution in [0.2, 0.25) is 0 Å². The summed E-state index contributed by atoms with van der Waals surface area (Å²) in [7, 11) is -1.07. The van der Waals surface area contributed by atoms with Crippen LogP contribution in [-0.4, -0.2) is 47.2 Å². The van der Waals surface area contributed by atoms with Crippen LogP contribution in [0.1, 0.15) is 6.92 Å². The molecule has 1 aliphatic rings. The van der Waals surface area contributed by atoms with Crippen LogP contribution in [0.4, 0.5) is 5.69 Å². The molecule has 1 aromatic carbocycles. The minimum atomic E-state index is -1.07. The van der Waals surface area contributed by atoms with Gasteiger partial charge in [0.2, 0.25) is 0 Å². The number of rotatable bonds is 4. The van der Waals surface area contributed by atoms with Crippen LogP contribution in [0.25, 0.3) is 0 Å². The number of hydrogen-bond acceptors (Lipinski definition) is 4. The summed E-state index contributed by atoms with van der Waals surface area (Å²) < 4.78 is 18.9. The average Bonchev–Trinajstić information content (AvgIpc) is 2.38. The van der Waals surface area contributed by atoms with E-state index in [1.807, 2.05) is 6.07 Å². The topological polar surface area (TPSA) is 55.6 Å². The molecule has 19 heavy (non-hydrogen) atoms. The third-order valence-corrected chi connectivity index (χ3v) is 5.65. The number of benzene rings is 1. The van der Waals surface area contributed by atoms with Gasteiger partial charge in [-0.2, -0.15) is 0 Å². The quantitative estimate of drug-likeness (QED) is 0.845. The molecule has 0 bridgehead atoms. The first kappa shape index (κ1) is 15.0. The Balaban J connectivity index is 2.00. The minimum absolute atomic E-state index is 0.0407. The average molecular weight is 347 g/mol. The van der Waals surface area contributed by atoms with Gasteiger partial charge in [-0.05, 0) is 40.7 Å². The fourth-order valence-electron chi connectivity index (χ4n) is 2.13. The van der Waals surface area contributed by atoms with Gasteiger partial charge >= 0.3 is 0 Å². The number of ether oxygens (including phenoxy) is 1. The molecule has 2 N–H and O–H groups in total. The molecule has 2 atom stereocenters. The lowest BCUT2D eigenvalue weighted by molar-refractivity contribution is -0.0141. The summed E-state index contributed by atoms with van der Waals surface area (Å²) in [6.45, 7) is 5.69. The molecular formula is C13H19BrN2O2S. The highest BCUT2D eigenvalue weighted by molar-refractivity contribution is 9.10. The number of nitrogens with two attached hydrogens (primary N) is 1. The summed E-state index contributed by atoms with van der Waals surface area (Å²) in [5.74, 6) is 0.527. The predicted octanol–water partition coefficient (Wildman–Crippen LogP) is 1.86. The van der Waals surface area contributed by atoms with Gasteiger partial charge in [0.1, 0.15) is 0 Å². The molecule has 0 amide bonds. The van der Waals surface area contributed by atoms with Crippen molar-refractivity contribution < 1.29 is 8.95 Å². The highest BCUT2D eigenvalue weighted by Crippen LogP contribution is 2.24. The highest BCUT2D eigenvalue weighted by atomic mass is 79.9. The lowest BCUT2D eigenvalue weighted by atomic mass is 10.3. The molecule has 0 aromatic heterocycles. The smallest absolute Gasteiger partial charge is 0.0821 e. The van der Waals surface area contributed by atoms with Crippen molar-refractivity contribution >= 4 is 32.4 Å². The molecule has 1 aromatic rings. The van der Waals surface area contributed by atoms with Gasteiger partial charge in [0.15, 0.2) is 0 Å². The Hall–Kier alpha value is -0.430. The van der Waals surface area contributed by atoms with Crippen molar-refractivity contribution in [2.24, 2.45) is 0 Å². The van der Waals surface area contributed by atoms with Gasteiger partial charge in [-0.25, -0.2) is 0 Å². The van der Waals surface area contributed by atoms with E-state index < -0.39 is 10.8 Å². The molecule has 1 aliphatic heterocycles. The Labute approximate surface area is 124 Å². The highest BCUT2D eigenvalue weighted by Gasteiger charge is 2.22. The first-order valence-electron chi connectivity index (χ1n) is 6.37. The van der Waals surface area contributed by atoms with Crippen molar-refractivity contribution in [1.29, 1.82) is 0 Å². The zero-order chi connectivity index (χ0) is 13.8. The first-order chi connectivity index (χ1) is 9.10. The van der Waals surface area contributed by atoms with Crippen molar-refractivity contribution in [3.8, 4) is 0 Å². The maximum absolute atomic E-state index is 12.4. The molecule has 1 fully saturated rings. The number of nitrogen functional groups attached to an aromatic ring is 1. The second kappa shape index (κ2) is 6.83. The Morgan fingerprint density at radius 1 is 1.58 bits per heavy atom. The van der Waals surface area contributed by atoms with Gasteiger partial charge in [0.05, 0.1) is 34.2 Å². The number of morpholine rings is 1. The number of halogens is 1. The summed E-state index contributed by atoms with van der Waals surface area (Å²) in [5.41, 5.74) is 6.35. The fourth-order valence-corrected chi connectivity index (χ4v) is 4.28. The van der Waals surface area contributed by atoms with E-state index in [1.54, 1.807) is 12.1 Å². The molecule has 6 heteroatoms. The van der Waals surface area contributed by atoms with E-state index in [0.29, 0.717) is 11.4 Å². The lowest BCUT2D eigenvalue weighted by Gasteiger charge is -2.31. The number of anilines is 1. The van der Waals surface area contributed by atoms with Crippen LogP contribution in [0.5, 0.6) is 0 Å². The van der Waals surface area contributed by atoms with Gasteiger partial charge in [-0.1, -0.05) is 6.92 Å². The number of hydrogen-bond donors (Lipinski definition) is 1. The Morgan fingerprint density at radius 2 is 2.37 bits per heavy atom. The second-order valence-corrected chi connectivity index (χ2v) is 6.91. The Bertz CT molecular complexity index is 470. The van der Waals surface area contributed by atoms with E-state index >= 15 is 0 Å². The van der Waals surface area contributed by atoms with E-state index in [2.05, 4.69) is 27.8 Å². The normalized spacial score (nSPS) is 22.3. The maximum atomic E-state index is 12.4. The Morgan fingerprint density at radius 3 is 3.05 bits per heavy atom. The summed E-state index contributed by atoms with van der Waals surface area (Å²) in [6, 6.07) is 5.38. The molecule has 2 rings (SSSR count).